The van der Waals surface area contributed by atoms with E-state index in [2.05, 4.69) is 44.9 Å². The summed E-state index contributed by atoms with van der Waals surface area (Å²) in [7, 11) is 0. The fraction of sp³-hybridized carbons (Fsp3) is 0.130. The first kappa shape index (κ1) is 18.6. The van der Waals surface area contributed by atoms with Gasteiger partial charge in [0.15, 0.2) is 0 Å². The number of aromatic nitrogens is 4. The number of benzene rings is 2. The second-order valence-electron chi connectivity index (χ2n) is 6.72. The van der Waals surface area contributed by atoms with Gasteiger partial charge in [-0.1, -0.05) is 65.9 Å². The fourth-order valence-corrected chi connectivity index (χ4v) is 3.24. The van der Waals surface area contributed by atoms with Gasteiger partial charge in [0.25, 0.3) is 0 Å². The van der Waals surface area contributed by atoms with Crippen LogP contribution in [0, 0.1) is 0 Å². The van der Waals surface area contributed by atoms with Gasteiger partial charge in [-0.15, -0.1) is 5.10 Å². The number of carbonyl (C=O) groups excluding carboxylic acids is 1. The van der Waals surface area contributed by atoms with Crippen LogP contribution in [0.25, 0.3) is 5.69 Å². The third-order valence-electron chi connectivity index (χ3n) is 4.71. The Kier molecular flexibility index (Phi) is 5.71. The minimum Gasteiger partial charge on any atom is -0.350 e. The lowest BCUT2D eigenvalue weighted by Crippen LogP contribution is -2.25. The van der Waals surface area contributed by atoms with Crippen molar-refractivity contribution in [3.05, 3.63) is 108 Å². The lowest BCUT2D eigenvalue weighted by Gasteiger charge is -2.17. The van der Waals surface area contributed by atoms with Crippen LogP contribution in [0.2, 0.25) is 0 Å². The fourth-order valence-electron chi connectivity index (χ4n) is 3.24. The predicted octanol–water partition coefficient (Wildman–Crippen LogP) is 3.50. The zero-order chi connectivity index (χ0) is 19.9. The Labute approximate surface area is 169 Å². The summed E-state index contributed by atoms with van der Waals surface area (Å²) >= 11 is 0. The molecular formula is C23H21N5O. The quantitative estimate of drug-likeness (QED) is 0.530. The van der Waals surface area contributed by atoms with Crippen LogP contribution in [-0.4, -0.2) is 25.9 Å². The van der Waals surface area contributed by atoms with Gasteiger partial charge in [-0.3, -0.25) is 9.78 Å². The predicted molar refractivity (Wildman–Crippen MR) is 110 cm³/mol. The monoisotopic (exact) mass is 383 g/mol. The molecule has 1 N–H and O–H groups in total. The number of carbonyl (C=O) groups is 1. The van der Waals surface area contributed by atoms with Crippen LogP contribution in [-0.2, 0) is 11.3 Å². The maximum atomic E-state index is 12.7. The number of hydrogen-bond donors (Lipinski definition) is 1. The van der Waals surface area contributed by atoms with Gasteiger partial charge in [-0.25, -0.2) is 4.68 Å². The van der Waals surface area contributed by atoms with Crippen molar-refractivity contribution in [3.63, 3.8) is 0 Å². The van der Waals surface area contributed by atoms with Gasteiger partial charge < -0.3 is 5.32 Å². The van der Waals surface area contributed by atoms with E-state index in [1.54, 1.807) is 23.3 Å². The summed E-state index contributed by atoms with van der Waals surface area (Å²) < 4.78 is 1.64. The zero-order valence-corrected chi connectivity index (χ0v) is 15.8. The Bertz CT molecular complexity index is 1010. The summed E-state index contributed by atoms with van der Waals surface area (Å²) in [5.74, 6) is -0.0258. The van der Waals surface area contributed by atoms with Crippen molar-refractivity contribution in [2.24, 2.45) is 0 Å². The standard InChI is InChI=1S/C23H21N5O/c29-23(25-15-20-17-28(27-26-20)21-12-7-13-24-16-21)14-22(18-8-3-1-4-9-18)19-10-5-2-6-11-19/h1-13,16-17,22H,14-15H2,(H,25,29). The highest BCUT2D eigenvalue weighted by atomic mass is 16.1. The summed E-state index contributed by atoms with van der Waals surface area (Å²) in [6.07, 6.45) is 5.58. The molecule has 4 aromatic rings. The van der Waals surface area contributed by atoms with E-state index in [0.717, 1.165) is 16.8 Å². The van der Waals surface area contributed by atoms with E-state index in [9.17, 15) is 4.79 Å². The Hall–Kier alpha value is -3.80. The number of rotatable bonds is 7. The maximum absolute atomic E-state index is 12.7. The summed E-state index contributed by atoms with van der Waals surface area (Å²) in [5.41, 5.74) is 3.76. The van der Waals surface area contributed by atoms with Crippen molar-refractivity contribution in [3.8, 4) is 5.69 Å². The molecule has 2 heterocycles. The second-order valence-corrected chi connectivity index (χ2v) is 6.72. The number of hydrogen-bond acceptors (Lipinski definition) is 4. The highest BCUT2D eigenvalue weighted by molar-refractivity contribution is 5.77. The van der Waals surface area contributed by atoms with E-state index in [1.165, 1.54) is 0 Å². The first-order valence-corrected chi connectivity index (χ1v) is 9.48. The van der Waals surface area contributed by atoms with Crippen LogP contribution in [0.4, 0.5) is 0 Å². The van der Waals surface area contributed by atoms with E-state index >= 15 is 0 Å². The van der Waals surface area contributed by atoms with E-state index in [0.29, 0.717) is 18.7 Å². The van der Waals surface area contributed by atoms with Crippen molar-refractivity contribution in [1.82, 2.24) is 25.3 Å². The lowest BCUT2D eigenvalue weighted by atomic mass is 9.88. The first-order valence-electron chi connectivity index (χ1n) is 9.48. The molecule has 0 aliphatic rings. The van der Waals surface area contributed by atoms with Crippen LogP contribution < -0.4 is 5.32 Å². The smallest absolute Gasteiger partial charge is 0.221 e. The van der Waals surface area contributed by atoms with E-state index in [1.807, 2.05) is 48.5 Å². The van der Waals surface area contributed by atoms with Crippen LogP contribution in [0.15, 0.2) is 91.4 Å². The molecule has 1 amide bonds. The number of pyridine rings is 1. The molecule has 0 bridgehead atoms. The van der Waals surface area contributed by atoms with Gasteiger partial charge in [0, 0.05) is 18.5 Å². The van der Waals surface area contributed by atoms with E-state index < -0.39 is 0 Å². The van der Waals surface area contributed by atoms with Gasteiger partial charge in [0.2, 0.25) is 5.91 Å². The van der Waals surface area contributed by atoms with Gasteiger partial charge in [0.05, 0.1) is 24.6 Å². The van der Waals surface area contributed by atoms with Crippen molar-refractivity contribution in [1.29, 1.82) is 0 Å². The van der Waals surface area contributed by atoms with E-state index in [-0.39, 0.29) is 11.8 Å². The highest BCUT2D eigenvalue weighted by Gasteiger charge is 2.18. The highest BCUT2D eigenvalue weighted by Crippen LogP contribution is 2.27. The summed E-state index contributed by atoms with van der Waals surface area (Å²) in [6.45, 7) is 0.329. The molecule has 0 aliphatic carbocycles. The third kappa shape index (κ3) is 4.73. The molecule has 0 aliphatic heterocycles. The van der Waals surface area contributed by atoms with Gasteiger partial charge in [0.1, 0.15) is 5.69 Å². The molecule has 6 nitrogen and oxygen atoms in total. The van der Waals surface area contributed by atoms with Crippen molar-refractivity contribution < 1.29 is 4.79 Å². The van der Waals surface area contributed by atoms with Crippen LogP contribution in [0.5, 0.6) is 0 Å². The van der Waals surface area contributed by atoms with Crippen LogP contribution >= 0.6 is 0 Å². The Morgan fingerprint density at radius 2 is 1.62 bits per heavy atom. The molecule has 0 fully saturated rings. The second kappa shape index (κ2) is 8.93. The van der Waals surface area contributed by atoms with Crippen molar-refractivity contribution in [2.45, 2.75) is 18.9 Å². The topological polar surface area (TPSA) is 72.7 Å². The third-order valence-corrected chi connectivity index (χ3v) is 4.71. The molecule has 0 unspecified atom stereocenters. The van der Waals surface area contributed by atoms with Gasteiger partial charge in [-0.2, -0.15) is 0 Å². The molecule has 6 heteroatoms. The minimum atomic E-state index is -0.0290. The van der Waals surface area contributed by atoms with Gasteiger partial charge in [-0.05, 0) is 23.3 Å². The Morgan fingerprint density at radius 1 is 0.931 bits per heavy atom. The molecule has 2 aromatic carbocycles. The molecule has 0 atom stereocenters. The number of amides is 1. The van der Waals surface area contributed by atoms with E-state index in [4.69, 9.17) is 0 Å². The molecule has 29 heavy (non-hydrogen) atoms. The number of nitrogens with one attached hydrogen (secondary N) is 1. The van der Waals surface area contributed by atoms with Crippen LogP contribution in [0.3, 0.4) is 0 Å². The molecule has 0 saturated carbocycles. The van der Waals surface area contributed by atoms with Gasteiger partial charge >= 0.3 is 0 Å². The maximum Gasteiger partial charge on any atom is 0.221 e. The average Bonchev–Trinajstić information content (AvgIpc) is 3.27. The Balaban J connectivity index is 1.42. The molecule has 4 rings (SSSR count). The average molecular weight is 383 g/mol. The van der Waals surface area contributed by atoms with Crippen molar-refractivity contribution >= 4 is 5.91 Å². The molecule has 0 spiro atoms. The molecule has 2 aromatic heterocycles. The summed E-state index contributed by atoms with van der Waals surface area (Å²) in [4.78, 5) is 16.8. The zero-order valence-electron chi connectivity index (χ0n) is 15.8. The first-order chi connectivity index (χ1) is 14.3. The normalized spacial score (nSPS) is 10.8. The molecule has 144 valence electrons. The molecular weight excluding hydrogens is 362 g/mol. The van der Waals surface area contributed by atoms with Crippen molar-refractivity contribution in [2.75, 3.05) is 0 Å². The lowest BCUT2D eigenvalue weighted by molar-refractivity contribution is -0.121. The Morgan fingerprint density at radius 3 is 2.24 bits per heavy atom. The van der Waals surface area contributed by atoms with Crippen LogP contribution in [0.1, 0.15) is 29.2 Å². The largest absolute Gasteiger partial charge is 0.350 e. The minimum absolute atomic E-state index is 0.00322. The molecule has 0 radical (unpaired) electrons. The SMILES string of the molecule is O=C(CC(c1ccccc1)c1ccccc1)NCc1cn(-c2cccnc2)nn1. The summed E-state index contributed by atoms with van der Waals surface area (Å²) in [6, 6.07) is 23.9. The summed E-state index contributed by atoms with van der Waals surface area (Å²) in [5, 5.41) is 11.2. The molecule has 0 saturated heterocycles. The number of nitrogens with zero attached hydrogens (tertiary/aromatic N) is 4.